The number of aromatic nitrogens is 3. The maximum Gasteiger partial charge on any atom is 0.230 e. The van der Waals surface area contributed by atoms with Crippen LogP contribution in [0, 0.1) is 6.92 Å². The van der Waals surface area contributed by atoms with Crippen LogP contribution in [0.5, 0.6) is 0 Å². The van der Waals surface area contributed by atoms with E-state index in [0.717, 1.165) is 41.7 Å². The summed E-state index contributed by atoms with van der Waals surface area (Å²) in [7, 11) is 0. The molecule has 0 saturated carbocycles. The molecule has 2 heterocycles. The first-order chi connectivity index (χ1) is 14.7. The van der Waals surface area contributed by atoms with Crippen LogP contribution in [0.1, 0.15) is 29.8 Å². The lowest BCUT2D eigenvalue weighted by Gasteiger charge is -2.12. The first-order valence-electron chi connectivity index (χ1n) is 10.3. The topological polar surface area (TPSA) is 69.0 Å². The second kappa shape index (κ2) is 9.91. The summed E-state index contributed by atoms with van der Waals surface area (Å²) in [5.74, 6) is 1.13. The zero-order chi connectivity index (χ0) is 20.8. The smallest absolute Gasteiger partial charge is 0.230 e. The summed E-state index contributed by atoms with van der Waals surface area (Å²) in [6, 6.07) is 18.5. The van der Waals surface area contributed by atoms with Crippen molar-refractivity contribution in [1.82, 2.24) is 20.1 Å². The van der Waals surface area contributed by atoms with Crippen molar-refractivity contribution in [3.8, 4) is 5.69 Å². The second-order valence-corrected chi connectivity index (χ2v) is 8.41. The molecule has 3 aromatic rings. The molecule has 0 spiro atoms. The molecule has 1 aromatic heterocycles. The Morgan fingerprint density at radius 3 is 2.83 bits per heavy atom. The Morgan fingerprint density at radius 2 is 2.07 bits per heavy atom. The van der Waals surface area contributed by atoms with Crippen LogP contribution in [0.4, 0.5) is 0 Å². The highest BCUT2D eigenvalue weighted by atomic mass is 32.2. The van der Waals surface area contributed by atoms with Gasteiger partial charge in [0.25, 0.3) is 0 Å². The third-order valence-electron chi connectivity index (χ3n) is 5.05. The average Bonchev–Trinajstić information content (AvgIpc) is 3.41. The van der Waals surface area contributed by atoms with Gasteiger partial charge in [-0.2, -0.15) is 0 Å². The van der Waals surface area contributed by atoms with Gasteiger partial charge in [0.1, 0.15) is 5.82 Å². The summed E-state index contributed by atoms with van der Waals surface area (Å²) < 4.78 is 7.62. The molecule has 30 heavy (non-hydrogen) atoms. The van der Waals surface area contributed by atoms with E-state index in [1.165, 1.54) is 17.3 Å². The fourth-order valence-corrected chi connectivity index (χ4v) is 4.33. The quantitative estimate of drug-likeness (QED) is 0.562. The van der Waals surface area contributed by atoms with Crippen LogP contribution in [-0.2, 0) is 16.0 Å². The van der Waals surface area contributed by atoms with Gasteiger partial charge in [0.05, 0.1) is 11.9 Å². The van der Waals surface area contributed by atoms with E-state index in [9.17, 15) is 4.79 Å². The molecule has 0 aliphatic carbocycles. The summed E-state index contributed by atoms with van der Waals surface area (Å²) in [5.41, 5.74) is 3.34. The van der Waals surface area contributed by atoms with Gasteiger partial charge in [0.15, 0.2) is 5.16 Å². The minimum absolute atomic E-state index is 0.0149. The number of rotatable bonds is 8. The zero-order valence-corrected chi connectivity index (χ0v) is 17.9. The lowest BCUT2D eigenvalue weighted by Crippen LogP contribution is -2.32. The molecule has 4 rings (SSSR count). The predicted molar refractivity (Wildman–Crippen MR) is 118 cm³/mol. The molecule has 6 nitrogen and oxygen atoms in total. The molecular weight excluding hydrogens is 396 g/mol. The number of benzene rings is 2. The van der Waals surface area contributed by atoms with Crippen LogP contribution in [0.2, 0.25) is 0 Å². The minimum atomic E-state index is -0.0149. The van der Waals surface area contributed by atoms with E-state index < -0.39 is 0 Å². The van der Waals surface area contributed by atoms with Crippen molar-refractivity contribution < 1.29 is 9.53 Å². The first-order valence-corrected chi connectivity index (χ1v) is 11.2. The number of nitrogens with one attached hydrogen (secondary N) is 1. The molecule has 1 amide bonds. The maximum atomic E-state index is 12.3. The van der Waals surface area contributed by atoms with Crippen LogP contribution in [0.25, 0.3) is 5.69 Å². The lowest BCUT2D eigenvalue weighted by atomic mass is 10.1. The molecule has 0 bridgehead atoms. The van der Waals surface area contributed by atoms with Crippen molar-refractivity contribution in [3.05, 3.63) is 71.5 Å². The van der Waals surface area contributed by atoms with E-state index in [-0.39, 0.29) is 12.0 Å². The lowest BCUT2D eigenvalue weighted by molar-refractivity contribution is -0.119. The number of carbonyl (C=O) groups is 1. The second-order valence-electron chi connectivity index (χ2n) is 7.46. The Labute approximate surface area is 181 Å². The van der Waals surface area contributed by atoms with E-state index in [2.05, 4.69) is 51.3 Å². The van der Waals surface area contributed by atoms with Gasteiger partial charge in [-0.25, -0.2) is 0 Å². The van der Waals surface area contributed by atoms with Gasteiger partial charge in [0, 0.05) is 25.3 Å². The number of aryl methyl sites for hydroxylation is 1. The minimum Gasteiger partial charge on any atom is -0.376 e. The Bertz CT molecular complexity index is 984. The molecule has 1 aliphatic rings. The standard InChI is InChI=1S/C23H26N4O2S/c1-17-7-5-10-19(13-17)27-21(14-18-8-3-2-4-9-18)25-26-23(27)30-16-22(28)24-15-20-11-6-12-29-20/h2-5,7-10,13,20H,6,11-12,14-16H2,1H3,(H,24,28)/t20-/m1/s1. The summed E-state index contributed by atoms with van der Waals surface area (Å²) >= 11 is 1.41. The van der Waals surface area contributed by atoms with Crippen molar-refractivity contribution in [2.24, 2.45) is 0 Å². The highest BCUT2D eigenvalue weighted by Gasteiger charge is 2.18. The molecule has 2 aromatic carbocycles. The van der Waals surface area contributed by atoms with Gasteiger partial charge in [-0.1, -0.05) is 54.2 Å². The first kappa shape index (κ1) is 20.6. The number of hydrogen-bond donors (Lipinski definition) is 1. The largest absolute Gasteiger partial charge is 0.376 e. The van der Waals surface area contributed by atoms with Gasteiger partial charge in [0.2, 0.25) is 5.91 Å². The number of ether oxygens (including phenoxy) is 1. The van der Waals surface area contributed by atoms with Crippen molar-refractivity contribution in [2.45, 2.75) is 37.4 Å². The van der Waals surface area contributed by atoms with Gasteiger partial charge >= 0.3 is 0 Å². The summed E-state index contributed by atoms with van der Waals surface area (Å²) in [6.07, 6.45) is 2.90. The van der Waals surface area contributed by atoms with Crippen LogP contribution >= 0.6 is 11.8 Å². The number of thioether (sulfide) groups is 1. The van der Waals surface area contributed by atoms with Gasteiger partial charge < -0.3 is 10.1 Å². The van der Waals surface area contributed by atoms with Crippen LogP contribution < -0.4 is 5.32 Å². The zero-order valence-electron chi connectivity index (χ0n) is 17.1. The Balaban J connectivity index is 1.49. The molecule has 7 heteroatoms. The molecule has 1 aliphatic heterocycles. The van der Waals surface area contributed by atoms with Gasteiger partial charge in [-0.15, -0.1) is 10.2 Å². The maximum absolute atomic E-state index is 12.3. The number of amides is 1. The average molecular weight is 423 g/mol. The van der Waals surface area contributed by atoms with Gasteiger partial charge in [-0.05, 0) is 43.0 Å². The van der Waals surface area contributed by atoms with E-state index in [4.69, 9.17) is 4.74 Å². The molecule has 1 fully saturated rings. The highest BCUT2D eigenvalue weighted by molar-refractivity contribution is 7.99. The SMILES string of the molecule is Cc1cccc(-n2c(Cc3ccccc3)nnc2SCC(=O)NC[C@H]2CCCO2)c1. The molecule has 0 radical (unpaired) electrons. The number of carbonyl (C=O) groups excluding carboxylic acids is 1. The normalized spacial score (nSPS) is 16.0. The van der Waals surface area contributed by atoms with E-state index in [0.29, 0.717) is 18.7 Å². The van der Waals surface area contributed by atoms with Crippen molar-refractivity contribution in [2.75, 3.05) is 18.9 Å². The summed E-state index contributed by atoms with van der Waals surface area (Å²) in [5, 5.41) is 12.5. The van der Waals surface area contributed by atoms with Crippen LogP contribution in [0.15, 0.2) is 59.8 Å². The molecule has 156 valence electrons. The molecule has 1 saturated heterocycles. The highest BCUT2D eigenvalue weighted by Crippen LogP contribution is 2.24. The van der Waals surface area contributed by atoms with E-state index in [1.54, 1.807) is 0 Å². The summed E-state index contributed by atoms with van der Waals surface area (Å²) in [4.78, 5) is 12.3. The van der Waals surface area contributed by atoms with E-state index in [1.807, 2.05) is 30.3 Å². The Hall–Kier alpha value is -2.64. The fraction of sp³-hybridized carbons (Fsp3) is 0.348. The molecule has 0 unspecified atom stereocenters. The Kier molecular flexibility index (Phi) is 6.81. The van der Waals surface area contributed by atoms with E-state index >= 15 is 0 Å². The number of hydrogen-bond acceptors (Lipinski definition) is 5. The Morgan fingerprint density at radius 1 is 1.20 bits per heavy atom. The van der Waals surface area contributed by atoms with Crippen LogP contribution in [-0.4, -0.2) is 45.7 Å². The van der Waals surface area contributed by atoms with Crippen molar-refractivity contribution in [3.63, 3.8) is 0 Å². The third kappa shape index (κ3) is 5.29. The monoisotopic (exact) mass is 422 g/mol. The van der Waals surface area contributed by atoms with Gasteiger partial charge in [-0.3, -0.25) is 9.36 Å². The predicted octanol–water partition coefficient (Wildman–Crippen LogP) is 3.55. The molecule has 1 atom stereocenters. The van der Waals surface area contributed by atoms with Crippen molar-refractivity contribution in [1.29, 1.82) is 0 Å². The number of nitrogens with zero attached hydrogens (tertiary/aromatic N) is 3. The third-order valence-corrected chi connectivity index (χ3v) is 5.98. The van der Waals surface area contributed by atoms with Crippen LogP contribution in [0.3, 0.4) is 0 Å². The van der Waals surface area contributed by atoms with Crippen molar-refractivity contribution >= 4 is 17.7 Å². The fourth-order valence-electron chi connectivity index (χ4n) is 3.53. The molecular formula is C23H26N4O2S. The summed E-state index contributed by atoms with van der Waals surface area (Å²) in [6.45, 7) is 3.43. The molecule has 1 N–H and O–H groups in total.